The van der Waals surface area contributed by atoms with Crippen LogP contribution in [0.3, 0.4) is 0 Å². The Kier molecular flexibility index (Phi) is 5.60. The average molecular weight is 275 g/mol. The molecule has 0 aromatic heterocycles. The molecule has 3 nitrogen and oxygen atoms in total. The Morgan fingerprint density at radius 3 is 2.65 bits per heavy atom. The summed E-state index contributed by atoms with van der Waals surface area (Å²) in [7, 11) is 2.21. The third-order valence-corrected chi connectivity index (χ3v) is 4.25. The van der Waals surface area contributed by atoms with Crippen LogP contribution in [0.1, 0.15) is 49.7 Å². The molecule has 1 aromatic rings. The SMILES string of the molecule is CN(Cc1cccc(CCC(=O)O)c1)C1CCCCC1. The maximum absolute atomic E-state index is 10.6. The molecule has 0 spiro atoms. The van der Waals surface area contributed by atoms with E-state index in [4.69, 9.17) is 5.11 Å². The number of rotatable bonds is 6. The zero-order chi connectivity index (χ0) is 14.4. The van der Waals surface area contributed by atoms with Crippen LogP contribution < -0.4 is 0 Å². The minimum Gasteiger partial charge on any atom is -0.481 e. The van der Waals surface area contributed by atoms with Gasteiger partial charge in [-0.05, 0) is 37.4 Å². The summed E-state index contributed by atoms with van der Waals surface area (Å²) < 4.78 is 0. The number of aryl methyl sites for hydroxylation is 1. The number of carboxylic acid groups (broad SMARTS) is 1. The van der Waals surface area contributed by atoms with E-state index in [0.29, 0.717) is 12.5 Å². The predicted molar refractivity (Wildman–Crippen MR) is 80.7 cm³/mol. The first kappa shape index (κ1) is 15.0. The summed E-state index contributed by atoms with van der Waals surface area (Å²) in [5, 5.41) is 8.75. The Balaban J connectivity index is 1.91. The molecule has 0 radical (unpaired) electrons. The van der Waals surface area contributed by atoms with Crippen molar-refractivity contribution in [2.24, 2.45) is 0 Å². The van der Waals surface area contributed by atoms with Crippen LogP contribution in [0.15, 0.2) is 24.3 Å². The van der Waals surface area contributed by atoms with Crippen molar-refractivity contribution >= 4 is 5.97 Å². The van der Waals surface area contributed by atoms with Crippen molar-refractivity contribution < 1.29 is 9.90 Å². The lowest BCUT2D eigenvalue weighted by molar-refractivity contribution is -0.136. The van der Waals surface area contributed by atoms with Gasteiger partial charge in [0, 0.05) is 19.0 Å². The molecule has 1 aliphatic rings. The van der Waals surface area contributed by atoms with Crippen LogP contribution in [0.5, 0.6) is 0 Å². The second-order valence-corrected chi connectivity index (χ2v) is 5.92. The molecule has 0 saturated heterocycles. The molecule has 0 heterocycles. The monoisotopic (exact) mass is 275 g/mol. The molecule has 1 fully saturated rings. The Hall–Kier alpha value is -1.35. The summed E-state index contributed by atoms with van der Waals surface area (Å²) in [5.74, 6) is -0.727. The highest BCUT2D eigenvalue weighted by Crippen LogP contribution is 2.23. The number of aliphatic carboxylic acids is 1. The zero-order valence-electron chi connectivity index (χ0n) is 12.3. The molecule has 1 aromatic carbocycles. The van der Waals surface area contributed by atoms with E-state index in [2.05, 4.69) is 24.1 Å². The van der Waals surface area contributed by atoms with Gasteiger partial charge in [0.2, 0.25) is 0 Å². The fourth-order valence-electron chi connectivity index (χ4n) is 3.07. The van der Waals surface area contributed by atoms with Gasteiger partial charge in [0.15, 0.2) is 0 Å². The molecular weight excluding hydrogens is 250 g/mol. The molecule has 20 heavy (non-hydrogen) atoms. The van der Waals surface area contributed by atoms with Crippen LogP contribution >= 0.6 is 0 Å². The largest absolute Gasteiger partial charge is 0.481 e. The van der Waals surface area contributed by atoms with Crippen LogP contribution in [0, 0.1) is 0 Å². The molecule has 0 bridgehead atoms. The fraction of sp³-hybridized carbons (Fsp3) is 0.588. The van der Waals surface area contributed by atoms with E-state index in [0.717, 1.165) is 12.1 Å². The molecule has 0 aliphatic heterocycles. The zero-order valence-corrected chi connectivity index (χ0v) is 12.3. The summed E-state index contributed by atoms with van der Waals surface area (Å²) in [5.41, 5.74) is 2.42. The van der Waals surface area contributed by atoms with Gasteiger partial charge < -0.3 is 5.11 Å². The van der Waals surface area contributed by atoms with Crippen molar-refractivity contribution in [3.05, 3.63) is 35.4 Å². The van der Waals surface area contributed by atoms with Gasteiger partial charge in [0.05, 0.1) is 0 Å². The van der Waals surface area contributed by atoms with Crippen LogP contribution in [0.4, 0.5) is 0 Å². The van der Waals surface area contributed by atoms with Crippen molar-refractivity contribution in [3.63, 3.8) is 0 Å². The second-order valence-electron chi connectivity index (χ2n) is 5.92. The first-order chi connectivity index (χ1) is 9.65. The highest BCUT2D eigenvalue weighted by molar-refractivity contribution is 5.67. The lowest BCUT2D eigenvalue weighted by atomic mass is 9.94. The van der Waals surface area contributed by atoms with E-state index in [1.54, 1.807) is 0 Å². The molecular formula is C17H25NO2. The van der Waals surface area contributed by atoms with Crippen LogP contribution in [0.2, 0.25) is 0 Å². The second kappa shape index (κ2) is 7.44. The standard InChI is InChI=1S/C17H25NO2/c1-18(16-8-3-2-4-9-16)13-15-7-5-6-14(12-15)10-11-17(19)20/h5-7,12,16H,2-4,8-11,13H2,1H3,(H,19,20). The number of benzene rings is 1. The first-order valence-corrected chi connectivity index (χ1v) is 7.65. The number of nitrogens with zero attached hydrogens (tertiary/aromatic N) is 1. The Bertz CT molecular complexity index is 438. The Labute approximate surface area is 121 Å². The lowest BCUT2D eigenvalue weighted by Crippen LogP contribution is -2.32. The number of carbonyl (C=O) groups is 1. The van der Waals surface area contributed by atoms with Gasteiger partial charge in [-0.25, -0.2) is 0 Å². The van der Waals surface area contributed by atoms with Crippen LogP contribution in [-0.2, 0) is 17.8 Å². The van der Waals surface area contributed by atoms with Gasteiger partial charge in [-0.1, -0.05) is 43.5 Å². The van der Waals surface area contributed by atoms with E-state index in [9.17, 15) is 4.79 Å². The summed E-state index contributed by atoms with van der Waals surface area (Å²) >= 11 is 0. The van der Waals surface area contributed by atoms with Crippen molar-refractivity contribution in [3.8, 4) is 0 Å². The third-order valence-electron chi connectivity index (χ3n) is 4.25. The van der Waals surface area contributed by atoms with Crippen molar-refractivity contribution in [1.29, 1.82) is 0 Å². The molecule has 0 unspecified atom stereocenters. The molecule has 1 N–H and O–H groups in total. The number of hydrogen-bond acceptors (Lipinski definition) is 2. The van der Waals surface area contributed by atoms with Crippen molar-refractivity contribution in [1.82, 2.24) is 4.90 Å². The molecule has 1 aliphatic carbocycles. The van der Waals surface area contributed by atoms with Gasteiger partial charge in [-0.15, -0.1) is 0 Å². The van der Waals surface area contributed by atoms with Gasteiger partial charge in [-0.3, -0.25) is 9.69 Å². The van der Waals surface area contributed by atoms with E-state index in [-0.39, 0.29) is 6.42 Å². The maximum Gasteiger partial charge on any atom is 0.303 e. The van der Waals surface area contributed by atoms with E-state index >= 15 is 0 Å². The van der Waals surface area contributed by atoms with Crippen molar-refractivity contribution in [2.75, 3.05) is 7.05 Å². The molecule has 1 saturated carbocycles. The van der Waals surface area contributed by atoms with E-state index < -0.39 is 5.97 Å². The highest BCUT2D eigenvalue weighted by Gasteiger charge is 2.17. The third kappa shape index (κ3) is 4.64. The van der Waals surface area contributed by atoms with E-state index in [1.807, 2.05) is 12.1 Å². The Morgan fingerprint density at radius 2 is 1.95 bits per heavy atom. The summed E-state index contributed by atoms with van der Waals surface area (Å²) in [6.45, 7) is 0.964. The molecule has 3 heteroatoms. The summed E-state index contributed by atoms with van der Waals surface area (Å²) in [6, 6.07) is 9.08. The number of hydrogen-bond donors (Lipinski definition) is 1. The minimum absolute atomic E-state index is 0.210. The van der Waals surface area contributed by atoms with Gasteiger partial charge in [0.25, 0.3) is 0 Å². The first-order valence-electron chi connectivity index (χ1n) is 7.65. The molecule has 0 amide bonds. The van der Waals surface area contributed by atoms with Gasteiger partial charge in [-0.2, -0.15) is 0 Å². The van der Waals surface area contributed by atoms with Crippen LogP contribution in [-0.4, -0.2) is 29.1 Å². The van der Waals surface area contributed by atoms with Crippen molar-refractivity contribution in [2.45, 2.75) is 57.5 Å². The van der Waals surface area contributed by atoms with Gasteiger partial charge in [0.1, 0.15) is 0 Å². The number of carboxylic acids is 1. The van der Waals surface area contributed by atoms with E-state index in [1.165, 1.54) is 37.7 Å². The summed E-state index contributed by atoms with van der Waals surface area (Å²) in [6.07, 6.45) is 7.55. The smallest absolute Gasteiger partial charge is 0.303 e. The highest BCUT2D eigenvalue weighted by atomic mass is 16.4. The normalized spacial score (nSPS) is 16.5. The molecule has 110 valence electrons. The Morgan fingerprint density at radius 1 is 1.25 bits per heavy atom. The predicted octanol–water partition coefficient (Wildman–Crippen LogP) is 3.47. The van der Waals surface area contributed by atoms with Gasteiger partial charge >= 0.3 is 5.97 Å². The average Bonchev–Trinajstić information content (AvgIpc) is 2.46. The topological polar surface area (TPSA) is 40.5 Å². The quantitative estimate of drug-likeness (QED) is 0.864. The minimum atomic E-state index is -0.727. The molecule has 0 atom stereocenters. The molecule has 2 rings (SSSR count). The summed E-state index contributed by atoms with van der Waals surface area (Å²) in [4.78, 5) is 13.1. The fourth-order valence-corrected chi connectivity index (χ4v) is 3.07. The lowest BCUT2D eigenvalue weighted by Gasteiger charge is -2.31. The van der Waals surface area contributed by atoms with Crippen LogP contribution in [0.25, 0.3) is 0 Å². The maximum atomic E-state index is 10.6.